The normalized spacial score (nSPS) is 14.6. The molecule has 8 nitrogen and oxygen atoms in total. The lowest BCUT2D eigenvalue weighted by atomic mass is 10.1. The highest BCUT2D eigenvalue weighted by Gasteiger charge is 2.13. The van der Waals surface area contributed by atoms with Crippen molar-refractivity contribution in [2.75, 3.05) is 33.3 Å². The number of carbonyl (C=O) groups excluding carboxylic acids is 1. The van der Waals surface area contributed by atoms with Gasteiger partial charge in [-0.2, -0.15) is 0 Å². The van der Waals surface area contributed by atoms with Crippen LogP contribution in [0.5, 0.6) is 5.75 Å². The predicted molar refractivity (Wildman–Crippen MR) is 138 cm³/mol. The van der Waals surface area contributed by atoms with E-state index in [4.69, 9.17) is 17.0 Å². The van der Waals surface area contributed by atoms with Crippen LogP contribution in [0, 0.1) is 4.77 Å². The number of hydrogen-bond donors (Lipinski definition) is 3. The minimum absolute atomic E-state index is 0.114. The molecular formula is C25H35N5O3S. The van der Waals surface area contributed by atoms with Gasteiger partial charge < -0.3 is 24.9 Å². The van der Waals surface area contributed by atoms with Gasteiger partial charge in [0.15, 0.2) is 4.77 Å². The molecule has 3 heterocycles. The van der Waals surface area contributed by atoms with Gasteiger partial charge in [-0.1, -0.05) is 12.8 Å². The monoisotopic (exact) mass is 485 g/mol. The van der Waals surface area contributed by atoms with Crippen LogP contribution in [-0.4, -0.2) is 58.6 Å². The highest BCUT2D eigenvalue weighted by atomic mass is 32.1. The lowest BCUT2D eigenvalue weighted by molar-refractivity contribution is -0.121. The molecule has 184 valence electrons. The molecule has 34 heavy (non-hydrogen) atoms. The van der Waals surface area contributed by atoms with Crippen molar-refractivity contribution in [2.24, 2.45) is 0 Å². The maximum Gasteiger partial charge on any atom is 0.278 e. The first-order chi connectivity index (χ1) is 16.6. The zero-order valence-electron chi connectivity index (χ0n) is 20.0. The number of fused-ring (bicyclic) bond motifs is 3. The van der Waals surface area contributed by atoms with Gasteiger partial charge in [-0.25, -0.2) is 0 Å². The van der Waals surface area contributed by atoms with E-state index in [9.17, 15) is 9.59 Å². The number of rotatable bonds is 11. The largest absolute Gasteiger partial charge is 0.497 e. The van der Waals surface area contributed by atoms with Crippen molar-refractivity contribution in [3.63, 3.8) is 0 Å². The third-order valence-corrected chi connectivity index (χ3v) is 6.97. The maximum atomic E-state index is 13.1. The molecule has 3 aromatic rings. The maximum absolute atomic E-state index is 13.1. The SMILES string of the molecule is COc1ccc2[nH]c3c(=O)n(CCCCCC(=O)NCCCN4CCCCC4)c(=S)[nH]c3c2c1. The van der Waals surface area contributed by atoms with Gasteiger partial charge in [0.2, 0.25) is 5.91 Å². The summed E-state index contributed by atoms with van der Waals surface area (Å²) in [5.41, 5.74) is 1.96. The highest BCUT2D eigenvalue weighted by molar-refractivity contribution is 7.71. The second-order valence-electron chi connectivity index (χ2n) is 9.09. The number of ether oxygens (including phenoxy) is 1. The summed E-state index contributed by atoms with van der Waals surface area (Å²) in [6.07, 6.45) is 7.94. The number of methoxy groups -OCH3 is 1. The first kappa shape index (κ1) is 24.5. The molecule has 1 aliphatic heterocycles. The van der Waals surface area contributed by atoms with Crippen molar-refractivity contribution in [1.29, 1.82) is 0 Å². The fourth-order valence-corrected chi connectivity index (χ4v) is 5.00. The van der Waals surface area contributed by atoms with Crippen molar-refractivity contribution in [2.45, 2.75) is 57.9 Å². The Morgan fingerprint density at radius 1 is 1.06 bits per heavy atom. The molecular weight excluding hydrogens is 450 g/mol. The number of likely N-dealkylation sites (tertiary alicyclic amines) is 1. The minimum Gasteiger partial charge on any atom is -0.497 e. The van der Waals surface area contributed by atoms with E-state index in [1.807, 2.05) is 18.2 Å². The van der Waals surface area contributed by atoms with Crippen LogP contribution in [-0.2, 0) is 11.3 Å². The van der Waals surface area contributed by atoms with Crippen molar-refractivity contribution >= 4 is 40.1 Å². The summed E-state index contributed by atoms with van der Waals surface area (Å²) in [7, 11) is 1.62. The molecule has 4 rings (SSSR count). The number of piperidine rings is 1. The molecule has 0 atom stereocenters. The topological polar surface area (TPSA) is 95.2 Å². The van der Waals surface area contributed by atoms with Gasteiger partial charge in [-0.05, 0) is 82.2 Å². The van der Waals surface area contributed by atoms with Gasteiger partial charge in [0.1, 0.15) is 11.3 Å². The molecule has 3 N–H and O–H groups in total. The van der Waals surface area contributed by atoms with Gasteiger partial charge in [0.05, 0.1) is 12.6 Å². The molecule has 0 saturated carbocycles. The second kappa shape index (κ2) is 11.7. The molecule has 0 bridgehead atoms. The Labute approximate surface area is 204 Å². The number of benzene rings is 1. The Morgan fingerprint density at radius 2 is 1.88 bits per heavy atom. The Bertz CT molecular complexity index is 1240. The van der Waals surface area contributed by atoms with Crippen LogP contribution in [0.15, 0.2) is 23.0 Å². The molecule has 1 aromatic carbocycles. The van der Waals surface area contributed by atoms with E-state index < -0.39 is 0 Å². The zero-order chi connectivity index (χ0) is 23.9. The lowest BCUT2D eigenvalue weighted by Crippen LogP contribution is -2.33. The minimum atomic E-state index is -0.125. The first-order valence-electron chi connectivity index (χ1n) is 12.4. The summed E-state index contributed by atoms with van der Waals surface area (Å²) in [5, 5.41) is 3.92. The Balaban J connectivity index is 1.23. The molecule has 1 aliphatic rings. The average molecular weight is 486 g/mol. The van der Waals surface area contributed by atoms with Crippen molar-refractivity contribution in [3.05, 3.63) is 33.3 Å². The molecule has 1 amide bonds. The number of hydrogen-bond acceptors (Lipinski definition) is 5. The predicted octanol–water partition coefficient (Wildman–Crippen LogP) is 4.10. The average Bonchev–Trinajstić information content (AvgIpc) is 3.22. The molecule has 0 aliphatic carbocycles. The number of nitrogens with one attached hydrogen (secondary N) is 3. The van der Waals surface area contributed by atoms with E-state index in [1.165, 1.54) is 32.4 Å². The summed E-state index contributed by atoms with van der Waals surface area (Å²) in [6, 6.07) is 5.64. The Morgan fingerprint density at radius 3 is 2.68 bits per heavy atom. The van der Waals surface area contributed by atoms with Crippen LogP contribution in [0.2, 0.25) is 0 Å². The number of H-pyrrole nitrogens is 2. The number of nitrogens with zero attached hydrogens (tertiary/aromatic N) is 2. The second-order valence-corrected chi connectivity index (χ2v) is 9.48. The molecule has 0 spiro atoms. The van der Waals surface area contributed by atoms with Gasteiger partial charge in [0, 0.05) is 30.4 Å². The quantitative estimate of drug-likeness (QED) is 0.281. The molecule has 1 saturated heterocycles. The summed E-state index contributed by atoms with van der Waals surface area (Å²) >= 11 is 5.48. The van der Waals surface area contributed by atoms with Crippen molar-refractivity contribution < 1.29 is 9.53 Å². The third kappa shape index (κ3) is 5.88. The van der Waals surface area contributed by atoms with Crippen molar-refractivity contribution in [1.82, 2.24) is 24.8 Å². The van der Waals surface area contributed by atoms with Crippen LogP contribution in [0.3, 0.4) is 0 Å². The Kier molecular flexibility index (Phi) is 8.39. The smallest absolute Gasteiger partial charge is 0.278 e. The molecule has 0 radical (unpaired) electrons. The van der Waals surface area contributed by atoms with E-state index in [2.05, 4.69) is 20.2 Å². The van der Waals surface area contributed by atoms with Crippen LogP contribution in [0.1, 0.15) is 51.4 Å². The van der Waals surface area contributed by atoms with Crippen molar-refractivity contribution in [3.8, 4) is 5.75 Å². The number of aromatic amines is 2. The summed E-state index contributed by atoms with van der Waals surface area (Å²) in [5.74, 6) is 0.839. The fraction of sp³-hybridized carbons (Fsp3) is 0.560. The molecule has 1 fully saturated rings. The first-order valence-corrected chi connectivity index (χ1v) is 12.8. The number of amides is 1. The van der Waals surface area contributed by atoms with E-state index in [0.29, 0.717) is 28.8 Å². The van der Waals surface area contributed by atoms with Crippen LogP contribution in [0.25, 0.3) is 21.9 Å². The number of carbonyl (C=O) groups is 1. The van der Waals surface area contributed by atoms with Crippen LogP contribution >= 0.6 is 12.2 Å². The van der Waals surface area contributed by atoms with E-state index >= 15 is 0 Å². The number of aromatic nitrogens is 3. The van der Waals surface area contributed by atoms with Crippen LogP contribution in [0.4, 0.5) is 0 Å². The number of unbranched alkanes of at least 4 members (excludes halogenated alkanes) is 2. The highest BCUT2D eigenvalue weighted by Crippen LogP contribution is 2.25. The molecule has 2 aromatic heterocycles. The molecule has 0 unspecified atom stereocenters. The van der Waals surface area contributed by atoms with Crippen LogP contribution < -0.4 is 15.6 Å². The van der Waals surface area contributed by atoms with Gasteiger partial charge in [0.25, 0.3) is 5.56 Å². The standard InChI is InChI=1S/C25H35N5O3S/c1-33-18-10-11-20-19(17-18)22-23(27-20)24(32)30(25(34)28-22)16-7-2-4-9-21(31)26-12-8-15-29-13-5-3-6-14-29/h10-11,17,27H,2-9,12-16H2,1H3,(H,26,31)(H,28,34). The fourth-order valence-electron chi connectivity index (χ4n) is 4.73. The summed E-state index contributed by atoms with van der Waals surface area (Å²) in [6.45, 7) is 4.74. The van der Waals surface area contributed by atoms with Gasteiger partial charge >= 0.3 is 0 Å². The van der Waals surface area contributed by atoms with E-state index in [-0.39, 0.29) is 11.5 Å². The van der Waals surface area contributed by atoms with E-state index in [0.717, 1.165) is 55.4 Å². The third-order valence-electron chi connectivity index (χ3n) is 6.65. The lowest BCUT2D eigenvalue weighted by Gasteiger charge is -2.26. The molecule has 9 heteroatoms. The Hall–Kier alpha value is -2.65. The summed E-state index contributed by atoms with van der Waals surface area (Å²) in [4.78, 5) is 34.1. The zero-order valence-corrected chi connectivity index (χ0v) is 20.8. The summed E-state index contributed by atoms with van der Waals surface area (Å²) < 4.78 is 7.31. The van der Waals surface area contributed by atoms with Gasteiger partial charge in [-0.3, -0.25) is 14.2 Å². The van der Waals surface area contributed by atoms with Gasteiger partial charge in [-0.15, -0.1) is 0 Å². The van der Waals surface area contributed by atoms with E-state index in [1.54, 1.807) is 11.7 Å².